The number of benzene rings is 2. The van der Waals surface area contributed by atoms with Crippen molar-refractivity contribution in [3.05, 3.63) is 93.1 Å². The molecule has 2 aromatic carbocycles. The number of amides is 1. The Morgan fingerprint density at radius 2 is 1.75 bits per heavy atom. The van der Waals surface area contributed by atoms with Crippen LogP contribution in [0, 0.1) is 5.82 Å². The summed E-state index contributed by atoms with van der Waals surface area (Å²) in [5, 5.41) is 2.42. The van der Waals surface area contributed by atoms with Gasteiger partial charge in [0.25, 0.3) is 5.56 Å². The number of nitrogens with one attached hydrogen (secondary N) is 1. The Balaban J connectivity index is 1.74. The van der Waals surface area contributed by atoms with Crippen LogP contribution in [0.2, 0.25) is 0 Å². The van der Waals surface area contributed by atoms with E-state index < -0.39 is 29.5 Å². The second-order valence-electron chi connectivity index (χ2n) is 6.86. The van der Waals surface area contributed by atoms with E-state index in [1.165, 1.54) is 37.7 Å². The van der Waals surface area contributed by atoms with Crippen LogP contribution >= 0.6 is 0 Å². The van der Waals surface area contributed by atoms with Crippen molar-refractivity contribution in [2.75, 3.05) is 12.4 Å². The molecular formula is C22H18FN5O4. The predicted molar refractivity (Wildman–Crippen MR) is 115 cm³/mol. The molecule has 32 heavy (non-hydrogen) atoms. The van der Waals surface area contributed by atoms with E-state index in [1.54, 1.807) is 30.3 Å². The van der Waals surface area contributed by atoms with E-state index in [0.717, 1.165) is 9.13 Å². The first-order chi connectivity index (χ1) is 15.5. The SMILES string of the molecule is COc1ccc(Cn2c(=O)c3nccnc3n(CC(=O)Nc3ccccc3F)c2=O)cc1. The standard InChI is InChI=1S/C22H18FN5O4/c1-32-15-8-6-14(7-9-15)12-28-21(30)19-20(25-11-10-24-19)27(22(28)31)13-18(29)26-17-5-3-2-4-16(17)23/h2-11H,12-13H2,1H3,(H,26,29). The van der Waals surface area contributed by atoms with Gasteiger partial charge in [0.05, 0.1) is 19.3 Å². The maximum atomic E-state index is 13.9. The first-order valence-electron chi connectivity index (χ1n) is 9.59. The maximum Gasteiger partial charge on any atom is 0.333 e. The molecule has 0 unspecified atom stereocenters. The Morgan fingerprint density at radius 3 is 2.47 bits per heavy atom. The van der Waals surface area contributed by atoms with Crippen LogP contribution in [0.3, 0.4) is 0 Å². The van der Waals surface area contributed by atoms with Crippen molar-refractivity contribution in [3.8, 4) is 5.75 Å². The molecule has 0 atom stereocenters. The summed E-state index contributed by atoms with van der Waals surface area (Å²) in [6, 6.07) is 12.5. The second-order valence-corrected chi connectivity index (χ2v) is 6.86. The lowest BCUT2D eigenvalue weighted by Gasteiger charge is -2.13. The number of para-hydroxylation sites is 1. The summed E-state index contributed by atoms with van der Waals surface area (Å²) in [4.78, 5) is 46.8. The zero-order valence-corrected chi connectivity index (χ0v) is 17.0. The van der Waals surface area contributed by atoms with E-state index in [9.17, 15) is 18.8 Å². The molecule has 1 amide bonds. The molecule has 0 aliphatic rings. The molecule has 0 spiro atoms. The van der Waals surface area contributed by atoms with Crippen molar-refractivity contribution in [2.24, 2.45) is 0 Å². The molecule has 10 heteroatoms. The van der Waals surface area contributed by atoms with E-state index in [2.05, 4.69) is 15.3 Å². The molecule has 0 bridgehead atoms. The van der Waals surface area contributed by atoms with Crippen LogP contribution in [0.25, 0.3) is 11.2 Å². The molecule has 9 nitrogen and oxygen atoms in total. The molecule has 162 valence electrons. The number of hydrogen-bond acceptors (Lipinski definition) is 6. The monoisotopic (exact) mass is 435 g/mol. The van der Waals surface area contributed by atoms with Crippen LogP contribution in [0.5, 0.6) is 5.75 Å². The van der Waals surface area contributed by atoms with Crippen LogP contribution in [0.1, 0.15) is 5.56 Å². The molecule has 4 aromatic rings. The van der Waals surface area contributed by atoms with Gasteiger partial charge in [-0.1, -0.05) is 24.3 Å². The predicted octanol–water partition coefficient (Wildman–Crippen LogP) is 1.79. The van der Waals surface area contributed by atoms with E-state index in [-0.39, 0.29) is 23.4 Å². The van der Waals surface area contributed by atoms with Gasteiger partial charge >= 0.3 is 5.69 Å². The molecule has 0 saturated carbocycles. The lowest BCUT2D eigenvalue weighted by molar-refractivity contribution is -0.116. The number of halogens is 1. The quantitative estimate of drug-likeness (QED) is 0.495. The number of ether oxygens (including phenoxy) is 1. The lowest BCUT2D eigenvalue weighted by Crippen LogP contribution is -2.42. The highest BCUT2D eigenvalue weighted by Gasteiger charge is 2.18. The first-order valence-corrected chi connectivity index (χ1v) is 9.59. The van der Waals surface area contributed by atoms with Crippen LogP contribution < -0.4 is 21.3 Å². The number of carbonyl (C=O) groups excluding carboxylic acids is 1. The van der Waals surface area contributed by atoms with Gasteiger partial charge in [-0.2, -0.15) is 0 Å². The molecule has 2 heterocycles. The number of fused-ring (bicyclic) bond motifs is 1. The highest BCUT2D eigenvalue weighted by atomic mass is 19.1. The summed E-state index contributed by atoms with van der Waals surface area (Å²) >= 11 is 0. The Morgan fingerprint density at radius 1 is 1.03 bits per heavy atom. The number of rotatable bonds is 6. The number of methoxy groups -OCH3 is 1. The second kappa shape index (κ2) is 8.80. The number of nitrogens with zero attached hydrogens (tertiary/aromatic N) is 4. The average molecular weight is 435 g/mol. The van der Waals surface area contributed by atoms with Crippen molar-refractivity contribution in [2.45, 2.75) is 13.1 Å². The highest BCUT2D eigenvalue weighted by Crippen LogP contribution is 2.13. The van der Waals surface area contributed by atoms with Crippen LogP contribution in [-0.4, -0.2) is 32.1 Å². The Hall–Kier alpha value is -4.34. The normalized spacial score (nSPS) is 10.8. The Kier molecular flexibility index (Phi) is 5.75. The number of anilines is 1. The fourth-order valence-electron chi connectivity index (χ4n) is 3.22. The van der Waals surface area contributed by atoms with Crippen LogP contribution in [0.15, 0.2) is 70.5 Å². The van der Waals surface area contributed by atoms with Crippen LogP contribution in [-0.2, 0) is 17.9 Å². The maximum absolute atomic E-state index is 13.9. The first kappa shape index (κ1) is 20.9. The van der Waals surface area contributed by atoms with Gasteiger partial charge in [-0.15, -0.1) is 0 Å². The minimum absolute atomic E-state index is 0.0208. The molecular weight excluding hydrogens is 417 g/mol. The van der Waals surface area contributed by atoms with Gasteiger partial charge in [0.15, 0.2) is 11.2 Å². The fourth-order valence-corrected chi connectivity index (χ4v) is 3.22. The number of carbonyl (C=O) groups is 1. The molecule has 0 aliphatic heterocycles. The van der Waals surface area contributed by atoms with Gasteiger partial charge in [-0.25, -0.2) is 19.2 Å². The molecule has 4 rings (SSSR count). The third-order valence-electron chi connectivity index (χ3n) is 4.79. The average Bonchev–Trinajstić information content (AvgIpc) is 2.81. The van der Waals surface area contributed by atoms with Gasteiger partial charge in [-0.3, -0.25) is 18.7 Å². The van der Waals surface area contributed by atoms with Crippen molar-refractivity contribution in [3.63, 3.8) is 0 Å². The van der Waals surface area contributed by atoms with E-state index in [4.69, 9.17) is 4.74 Å². The molecule has 0 fully saturated rings. The van der Waals surface area contributed by atoms with Gasteiger partial charge in [0.2, 0.25) is 5.91 Å². The number of hydrogen-bond donors (Lipinski definition) is 1. The third-order valence-corrected chi connectivity index (χ3v) is 4.79. The molecule has 2 aromatic heterocycles. The van der Waals surface area contributed by atoms with Crippen molar-refractivity contribution >= 4 is 22.8 Å². The van der Waals surface area contributed by atoms with Crippen LogP contribution in [0.4, 0.5) is 10.1 Å². The van der Waals surface area contributed by atoms with Gasteiger partial charge in [-0.05, 0) is 29.8 Å². The van der Waals surface area contributed by atoms with Crippen molar-refractivity contribution < 1.29 is 13.9 Å². The fraction of sp³-hybridized carbons (Fsp3) is 0.136. The third kappa shape index (κ3) is 4.10. The molecule has 0 aliphatic carbocycles. The largest absolute Gasteiger partial charge is 0.497 e. The summed E-state index contributed by atoms with van der Waals surface area (Å²) in [6.07, 6.45) is 2.65. The summed E-state index contributed by atoms with van der Waals surface area (Å²) in [5.74, 6) is -0.631. The summed E-state index contributed by atoms with van der Waals surface area (Å²) in [5.41, 5.74) is -0.790. The van der Waals surface area contributed by atoms with Crippen molar-refractivity contribution in [1.82, 2.24) is 19.1 Å². The lowest BCUT2D eigenvalue weighted by atomic mass is 10.2. The summed E-state index contributed by atoms with van der Waals surface area (Å²) in [6.45, 7) is -0.519. The Bertz CT molecular complexity index is 1410. The van der Waals surface area contributed by atoms with E-state index in [1.807, 2.05) is 0 Å². The smallest absolute Gasteiger partial charge is 0.333 e. The summed E-state index contributed by atoms with van der Waals surface area (Å²) < 4.78 is 21.0. The highest BCUT2D eigenvalue weighted by molar-refractivity contribution is 5.91. The van der Waals surface area contributed by atoms with Crippen molar-refractivity contribution in [1.29, 1.82) is 0 Å². The topological polar surface area (TPSA) is 108 Å². The van der Waals surface area contributed by atoms with Gasteiger partial charge < -0.3 is 10.1 Å². The summed E-state index contributed by atoms with van der Waals surface area (Å²) in [7, 11) is 1.53. The Labute approximate surface area is 180 Å². The van der Waals surface area contributed by atoms with Gasteiger partial charge in [0.1, 0.15) is 18.1 Å². The molecule has 1 N–H and O–H groups in total. The van der Waals surface area contributed by atoms with E-state index in [0.29, 0.717) is 11.3 Å². The van der Waals surface area contributed by atoms with E-state index >= 15 is 0 Å². The zero-order valence-electron chi connectivity index (χ0n) is 17.0. The zero-order chi connectivity index (χ0) is 22.7. The molecule has 0 radical (unpaired) electrons. The minimum atomic E-state index is -0.734. The number of aromatic nitrogens is 4. The van der Waals surface area contributed by atoms with Gasteiger partial charge in [0, 0.05) is 12.4 Å². The minimum Gasteiger partial charge on any atom is -0.497 e. The molecule has 0 saturated heterocycles.